The third-order valence-electron chi connectivity index (χ3n) is 4.54. The first-order valence-corrected chi connectivity index (χ1v) is 9.03. The fraction of sp³-hybridized carbons (Fsp3) is 0.476. The maximum atomic E-state index is 12.1. The van der Waals surface area contributed by atoms with E-state index in [1.54, 1.807) is 6.08 Å². The molecular formula is C21H29NO3. The van der Waals surface area contributed by atoms with E-state index < -0.39 is 0 Å². The van der Waals surface area contributed by atoms with Gasteiger partial charge in [0.05, 0.1) is 6.61 Å². The standard InChI is InChI=1S/C21H29NO3/c1-7-9-10-22-19(23)11-13(3)17-12-18-14(4)16(6)25-21(18)15(5)20(17)24-8-2/h11-12H,7-10H2,1-6H3,(H,22,23)/b13-11+. The van der Waals surface area contributed by atoms with Gasteiger partial charge in [-0.05, 0) is 58.2 Å². The van der Waals surface area contributed by atoms with Gasteiger partial charge >= 0.3 is 0 Å². The summed E-state index contributed by atoms with van der Waals surface area (Å²) in [6, 6.07) is 2.07. The van der Waals surface area contributed by atoms with Crippen molar-refractivity contribution >= 4 is 22.4 Å². The van der Waals surface area contributed by atoms with Crippen LogP contribution in [0.25, 0.3) is 16.5 Å². The zero-order valence-electron chi connectivity index (χ0n) is 16.2. The first-order valence-electron chi connectivity index (χ1n) is 9.03. The molecule has 2 aromatic rings. The highest BCUT2D eigenvalue weighted by atomic mass is 16.5. The number of benzene rings is 1. The minimum Gasteiger partial charge on any atom is -0.493 e. The molecule has 25 heavy (non-hydrogen) atoms. The maximum Gasteiger partial charge on any atom is 0.244 e. The molecule has 1 N–H and O–H groups in total. The molecule has 0 spiro atoms. The number of rotatable bonds is 7. The van der Waals surface area contributed by atoms with E-state index in [2.05, 4.69) is 25.2 Å². The largest absolute Gasteiger partial charge is 0.493 e. The number of amides is 1. The van der Waals surface area contributed by atoms with E-state index in [-0.39, 0.29) is 5.91 Å². The lowest BCUT2D eigenvalue weighted by Gasteiger charge is -2.14. The monoisotopic (exact) mass is 343 g/mol. The Morgan fingerprint density at radius 1 is 1.24 bits per heavy atom. The van der Waals surface area contributed by atoms with Crippen LogP contribution in [0.2, 0.25) is 0 Å². The predicted octanol–water partition coefficient (Wildman–Crippen LogP) is 5.08. The predicted molar refractivity (Wildman–Crippen MR) is 103 cm³/mol. The van der Waals surface area contributed by atoms with E-state index in [4.69, 9.17) is 9.15 Å². The fourth-order valence-corrected chi connectivity index (χ4v) is 2.95. The molecule has 0 atom stereocenters. The molecule has 0 radical (unpaired) electrons. The Balaban J connectivity index is 2.49. The number of hydrogen-bond donors (Lipinski definition) is 1. The summed E-state index contributed by atoms with van der Waals surface area (Å²) < 4.78 is 11.8. The Morgan fingerprint density at radius 3 is 2.60 bits per heavy atom. The highest BCUT2D eigenvalue weighted by molar-refractivity contribution is 5.98. The summed E-state index contributed by atoms with van der Waals surface area (Å²) in [5.74, 6) is 1.64. The van der Waals surface area contributed by atoms with Crippen LogP contribution < -0.4 is 10.1 Å². The second-order valence-corrected chi connectivity index (χ2v) is 6.44. The Bertz CT molecular complexity index is 799. The molecule has 0 aliphatic rings. The van der Waals surface area contributed by atoms with E-state index in [9.17, 15) is 4.79 Å². The first-order chi connectivity index (χ1) is 11.9. The van der Waals surface area contributed by atoms with Crippen LogP contribution in [0.5, 0.6) is 5.75 Å². The van der Waals surface area contributed by atoms with E-state index in [1.807, 2.05) is 27.7 Å². The van der Waals surface area contributed by atoms with Gasteiger partial charge in [0, 0.05) is 29.1 Å². The Kier molecular flexibility index (Phi) is 6.29. The van der Waals surface area contributed by atoms with Crippen molar-refractivity contribution in [1.82, 2.24) is 5.32 Å². The second-order valence-electron chi connectivity index (χ2n) is 6.44. The van der Waals surface area contributed by atoms with E-state index in [0.717, 1.165) is 57.6 Å². The van der Waals surface area contributed by atoms with Crippen molar-refractivity contribution in [2.75, 3.05) is 13.2 Å². The van der Waals surface area contributed by atoms with Gasteiger partial charge in [-0.2, -0.15) is 0 Å². The van der Waals surface area contributed by atoms with Crippen molar-refractivity contribution < 1.29 is 13.9 Å². The van der Waals surface area contributed by atoms with Gasteiger partial charge in [0.15, 0.2) is 0 Å². The van der Waals surface area contributed by atoms with Gasteiger partial charge in [0.2, 0.25) is 5.91 Å². The highest BCUT2D eigenvalue weighted by Crippen LogP contribution is 2.38. The van der Waals surface area contributed by atoms with Crippen LogP contribution in [0.15, 0.2) is 16.6 Å². The Labute approximate surface area is 150 Å². The van der Waals surface area contributed by atoms with Gasteiger partial charge in [0.25, 0.3) is 0 Å². The third-order valence-corrected chi connectivity index (χ3v) is 4.54. The number of hydrogen-bond acceptors (Lipinski definition) is 3. The lowest BCUT2D eigenvalue weighted by Crippen LogP contribution is -2.22. The average molecular weight is 343 g/mol. The number of unbranched alkanes of at least 4 members (excludes halogenated alkanes) is 1. The van der Waals surface area contributed by atoms with E-state index in [1.165, 1.54) is 0 Å². The highest BCUT2D eigenvalue weighted by Gasteiger charge is 2.18. The minimum atomic E-state index is -0.0637. The lowest BCUT2D eigenvalue weighted by molar-refractivity contribution is -0.116. The summed E-state index contributed by atoms with van der Waals surface area (Å²) in [6.07, 6.45) is 3.70. The molecule has 0 aliphatic carbocycles. The van der Waals surface area contributed by atoms with Gasteiger partial charge < -0.3 is 14.5 Å². The van der Waals surface area contributed by atoms with Gasteiger partial charge in [0.1, 0.15) is 17.1 Å². The molecule has 1 aromatic heterocycles. The zero-order chi connectivity index (χ0) is 18.6. The summed E-state index contributed by atoms with van der Waals surface area (Å²) in [4.78, 5) is 12.1. The molecule has 2 rings (SSSR count). The molecule has 1 aromatic carbocycles. The van der Waals surface area contributed by atoms with Crippen molar-refractivity contribution in [1.29, 1.82) is 0 Å². The number of aryl methyl sites for hydroxylation is 3. The van der Waals surface area contributed by atoms with Crippen LogP contribution in [0.1, 0.15) is 56.1 Å². The van der Waals surface area contributed by atoms with Crippen molar-refractivity contribution in [3.05, 3.63) is 34.6 Å². The minimum absolute atomic E-state index is 0.0637. The Morgan fingerprint density at radius 2 is 1.96 bits per heavy atom. The molecule has 1 amide bonds. The topological polar surface area (TPSA) is 51.5 Å². The molecule has 0 saturated carbocycles. The Hall–Kier alpha value is -2.23. The molecule has 0 saturated heterocycles. The summed E-state index contributed by atoms with van der Waals surface area (Å²) in [5.41, 5.74) is 4.80. The van der Waals surface area contributed by atoms with Crippen molar-refractivity contribution in [3.63, 3.8) is 0 Å². The fourth-order valence-electron chi connectivity index (χ4n) is 2.95. The molecule has 136 valence electrons. The third kappa shape index (κ3) is 4.06. The maximum absolute atomic E-state index is 12.1. The van der Waals surface area contributed by atoms with E-state index >= 15 is 0 Å². The van der Waals surface area contributed by atoms with Crippen LogP contribution in [-0.4, -0.2) is 19.1 Å². The molecule has 0 unspecified atom stereocenters. The normalized spacial score (nSPS) is 11.8. The smallest absolute Gasteiger partial charge is 0.244 e. The lowest BCUT2D eigenvalue weighted by atomic mass is 9.98. The van der Waals surface area contributed by atoms with Crippen molar-refractivity contribution in [3.8, 4) is 5.75 Å². The number of fused-ring (bicyclic) bond motifs is 1. The van der Waals surface area contributed by atoms with Gasteiger partial charge in [-0.25, -0.2) is 0 Å². The molecule has 4 nitrogen and oxygen atoms in total. The second kappa shape index (κ2) is 8.24. The summed E-state index contributed by atoms with van der Waals surface area (Å²) >= 11 is 0. The molecule has 4 heteroatoms. The summed E-state index contributed by atoms with van der Waals surface area (Å²) in [5, 5.41) is 4.00. The number of carbonyl (C=O) groups excluding carboxylic acids is 1. The average Bonchev–Trinajstić information content (AvgIpc) is 2.85. The molecule has 1 heterocycles. The van der Waals surface area contributed by atoms with Gasteiger partial charge in [-0.3, -0.25) is 4.79 Å². The molecular weight excluding hydrogens is 314 g/mol. The van der Waals surface area contributed by atoms with Gasteiger partial charge in [-0.1, -0.05) is 13.3 Å². The van der Waals surface area contributed by atoms with Crippen LogP contribution in [0.3, 0.4) is 0 Å². The number of furan rings is 1. The van der Waals surface area contributed by atoms with Crippen LogP contribution in [0.4, 0.5) is 0 Å². The summed E-state index contributed by atoms with van der Waals surface area (Å²) in [7, 11) is 0. The SMILES string of the molecule is CCCCNC(=O)/C=C(\C)c1cc2c(C)c(C)oc2c(C)c1OCC. The zero-order valence-corrected chi connectivity index (χ0v) is 16.2. The van der Waals surface area contributed by atoms with E-state index in [0.29, 0.717) is 13.2 Å². The van der Waals surface area contributed by atoms with Crippen LogP contribution in [-0.2, 0) is 4.79 Å². The molecule has 0 bridgehead atoms. The quantitative estimate of drug-likeness (QED) is 0.563. The van der Waals surface area contributed by atoms with Crippen LogP contribution in [0, 0.1) is 20.8 Å². The molecule has 0 aliphatic heterocycles. The number of allylic oxidation sites excluding steroid dienone is 1. The number of nitrogens with one attached hydrogen (secondary N) is 1. The number of ether oxygens (including phenoxy) is 1. The molecule has 0 fully saturated rings. The van der Waals surface area contributed by atoms with Crippen LogP contribution >= 0.6 is 0 Å². The number of carbonyl (C=O) groups is 1. The van der Waals surface area contributed by atoms with Crippen molar-refractivity contribution in [2.45, 2.75) is 54.4 Å². The van der Waals surface area contributed by atoms with Gasteiger partial charge in [-0.15, -0.1) is 0 Å². The first kappa shape index (κ1) is 19.1. The summed E-state index contributed by atoms with van der Waals surface area (Å²) in [6.45, 7) is 13.3. The van der Waals surface area contributed by atoms with Crippen molar-refractivity contribution in [2.24, 2.45) is 0 Å².